The summed E-state index contributed by atoms with van der Waals surface area (Å²) in [5.74, 6) is 0.347. The molecular weight excluding hydrogens is 476 g/mol. The lowest BCUT2D eigenvalue weighted by Gasteiger charge is -2.37. The average molecular weight is 501 g/mol. The Kier molecular flexibility index (Phi) is 6.69. The zero-order valence-electron chi connectivity index (χ0n) is 19.3. The quantitative estimate of drug-likeness (QED) is 0.592. The van der Waals surface area contributed by atoms with E-state index >= 15 is 0 Å². The van der Waals surface area contributed by atoms with E-state index < -0.39 is 35.0 Å². The van der Waals surface area contributed by atoms with E-state index in [0.29, 0.717) is 48.8 Å². The molecule has 4 rings (SSSR count). The van der Waals surface area contributed by atoms with Crippen molar-refractivity contribution in [3.8, 4) is 0 Å². The van der Waals surface area contributed by atoms with Crippen molar-refractivity contribution in [1.29, 1.82) is 0 Å². The minimum atomic E-state index is -5.02. The smallest absolute Gasteiger partial charge is 0.354 e. The fraction of sp³-hybridized carbons (Fsp3) is 0.522. The van der Waals surface area contributed by atoms with Gasteiger partial charge in [-0.05, 0) is 31.7 Å². The van der Waals surface area contributed by atoms with E-state index in [2.05, 4.69) is 26.7 Å². The van der Waals surface area contributed by atoms with Crippen molar-refractivity contribution in [1.82, 2.24) is 19.8 Å². The number of nitrogens with zero attached hydrogens (tertiary/aromatic N) is 5. The van der Waals surface area contributed by atoms with E-state index in [9.17, 15) is 31.1 Å². The normalized spacial score (nSPS) is 17.5. The summed E-state index contributed by atoms with van der Waals surface area (Å²) in [5.41, 5.74) is -2.25. The molecule has 2 aliphatic heterocycles. The van der Waals surface area contributed by atoms with Crippen LogP contribution >= 0.6 is 0 Å². The second-order valence-electron chi connectivity index (χ2n) is 8.71. The summed E-state index contributed by atoms with van der Waals surface area (Å²) in [5, 5.41) is 0. The standard InChI is InChI=1S/C23H25F6N5O/c1-3-32-6-8-33(9-7-32)20-18-13-34(5-4-19(18)30-14(2)31-20)21(35)15-10-16(22(24,25)26)12-17(11-15)23(27,28)29/h10-12H,3-9,13H2,1-2H3. The van der Waals surface area contributed by atoms with Gasteiger partial charge < -0.3 is 14.7 Å². The first-order valence-electron chi connectivity index (χ1n) is 11.3. The Hall–Kier alpha value is -2.89. The van der Waals surface area contributed by atoms with E-state index in [1.165, 1.54) is 4.90 Å². The van der Waals surface area contributed by atoms with Crippen molar-refractivity contribution in [2.45, 2.75) is 39.2 Å². The highest BCUT2D eigenvalue weighted by Crippen LogP contribution is 2.37. The van der Waals surface area contributed by atoms with Gasteiger partial charge in [-0.2, -0.15) is 26.3 Å². The summed E-state index contributed by atoms with van der Waals surface area (Å²) in [6, 6.07) is 0.972. The summed E-state index contributed by atoms with van der Waals surface area (Å²) in [6.45, 7) is 8.01. The third-order valence-electron chi connectivity index (χ3n) is 6.39. The minimum Gasteiger partial charge on any atom is -0.354 e. The van der Waals surface area contributed by atoms with Crippen molar-refractivity contribution >= 4 is 11.7 Å². The van der Waals surface area contributed by atoms with Crippen LogP contribution in [0.4, 0.5) is 32.2 Å². The van der Waals surface area contributed by atoms with Crippen LogP contribution in [0, 0.1) is 6.92 Å². The summed E-state index contributed by atoms with van der Waals surface area (Å²) in [4.78, 5) is 27.8. The number of likely N-dealkylation sites (N-methyl/N-ethyl adjacent to an activating group) is 1. The molecule has 12 heteroatoms. The minimum absolute atomic E-state index is 0.00929. The molecule has 0 N–H and O–H groups in total. The molecule has 190 valence electrons. The molecule has 3 heterocycles. The van der Waals surface area contributed by atoms with Gasteiger partial charge in [-0.25, -0.2) is 9.97 Å². The molecule has 35 heavy (non-hydrogen) atoms. The number of aromatic nitrogens is 2. The van der Waals surface area contributed by atoms with Crippen molar-refractivity contribution in [2.24, 2.45) is 0 Å². The summed E-state index contributed by atoms with van der Waals surface area (Å²) in [7, 11) is 0. The molecule has 1 aromatic heterocycles. The van der Waals surface area contributed by atoms with Gasteiger partial charge in [0, 0.05) is 50.3 Å². The first kappa shape index (κ1) is 25.2. The van der Waals surface area contributed by atoms with Crippen LogP contribution in [0.1, 0.15) is 45.5 Å². The number of halogens is 6. The van der Waals surface area contributed by atoms with Gasteiger partial charge in [0.15, 0.2) is 0 Å². The van der Waals surface area contributed by atoms with Crippen LogP contribution in [-0.2, 0) is 25.3 Å². The summed E-state index contributed by atoms with van der Waals surface area (Å²) >= 11 is 0. The Balaban J connectivity index is 1.65. The molecule has 0 unspecified atom stereocenters. The van der Waals surface area contributed by atoms with E-state index in [4.69, 9.17) is 0 Å². The number of alkyl halides is 6. The molecule has 6 nitrogen and oxygen atoms in total. The predicted octanol–water partition coefficient (Wildman–Crippen LogP) is 4.16. The van der Waals surface area contributed by atoms with Crippen molar-refractivity contribution < 1.29 is 31.1 Å². The lowest BCUT2D eigenvalue weighted by atomic mass is 10.0. The molecule has 0 saturated carbocycles. The Bertz CT molecular complexity index is 1080. The number of hydrogen-bond acceptors (Lipinski definition) is 5. The van der Waals surface area contributed by atoms with Crippen LogP contribution < -0.4 is 4.90 Å². The maximum Gasteiger partial charge on any atom is 0.416 e. The highest BCUT2D eigenvalue weighted by Gasteiger charge is 2.38. The van der Waals surface area contributed by atoms with Gasteiger partial charge in [0.05, 0.1) is 23.4 Å². The van der Waals surface area contributed by atoms with Gasteiger partial charge in [-0.1, -0.05) is 6.92 Å². The second-order valence-corrected chi connectivity index (χ2v) is 8.71. The zero-order chi connectivity index (χ0) is 25.5. The van der Waals surface area contributed by atoms with E-state index in [1.807, 2.05) is 0 Å². The Morgan fingerprint density at radius 2 is 1.51 bits per heavy atom. The highest BCUT2D eigenvalue weighted by atomic mass is 19.4. The average Bonchev–Trinajstić information content (AvgIpc) is 2.81. The third-order valence-corrected chi connectivity index (χ3v) is 6.39. The maximum absolute atomic E-state index is 13.3. The van der Waals surface area contributed by atoms with Gasteiger partial charge >= 0.3 is 12.4 Å². The molecule has 2 aromatic rings. The molecule has 0 radical (unpaired) electrons. The first-order chi connectivity index (χ1) is 16.4. The fourth-order valence-electron chi connectivity index (χ4n) is 4.49. The van der Waals surface area contributed by atoms with Gasteiger partial charge in [-0.3, -0.25) is 4.79 Å². The third kappa shape index (κ3) is 5.36. The number of benzene rings is 1. The summed E-state index contributed by atoms with van der Waals surface area (Å²) in [6.07, 6.45) is -9.72. The first-order valence-corrected chi connectivity index (χ1v) is 11.3. The summed E-state index contributed by atoms with van der Waals surface area (Å²) < 4.78 is 79.6. The highest BCUT2D eigenvalue weighted by molar-refractivity contribution is 5.95. The van der Waals surface area contributed by atoms with Crippen molar-refractivity contribution in [3.63, 3.8) is 0 Å². The van der Waals surface area contributed by atoms with Gasteiger partial charge in [-0.15, -0.1) is 0 Å². The second kappa shape index (κ2) is 9.29. The number of hydrogen-bond donors (Lipinski definition) is 0. The lowest BCUT2D eigenvalue weighted by Crippen LogP contribution is -2.47. The Labute approximate surface area is 198 Å². The van der Waals surface area contributed by atoms with Crippen LogP contribution in [0.2, 0.25) is 0 Å². The van der Waals surface area contributed by atoms with Crippen LogP contribution in [-0.4, -0.2) is 64.9 Å². The van der Waals surface area contributed by atoms with Crippen LogP contribution in [0.3, 0.4) is 0 Å². The molecule has 1 aromatic carbocycles. The molecular formula is C23H25F6N5O. The van der Waals surface area contributed by atoms with Crippen LogP contribution in [0.5, 0.6) is 0 Å². The van der Waals surface area contributed by atoms with Crippen molar-refractivity contribution in [3.05, 3.63) is 52.0 Å². The number of piperazine rings is 1. The van der Waals surface area contributed by atoms with E-state index in [-0.39, 0.29) is 19.2 Å². The predicted molar refractivity (Wildman–Crippen MR) is 116 cm³/mol. The van der Waals surface area contributed by atoms with Crippen LogP contribution in [0.15, 0.2) is 18.2 Å². The van der Waals surface area contributed by atoms with Gasteiger partial charge in [0.25, 0.3) is 5.91 Å². The Morgan fingerprint density at radius 1 is 0.914 bits per heavy atom. The maximum atomic E-state index is 13.3. The zero-order valence-corrected chi connectivity index (χ0v) is 19.3. The largest absolute Gasteiger partial charge is 0.416 e. The fourth-order valence-corrected chi connectivity index (χ4v) is 4.49. The van der Waals surface area contributed by atoms with Gasteiger partial charge in [0.1, 0.15) is 11.6 Å². The topological polar surface area (TPSA) is 52.6 Å². The van der Waals surface area contributed by atoms with E-state index in [1.54, 1.807) is 6.92 Å². The number of fused-ring (bicyclic) bond motifs is 1. The number of aryl methyl sites for hydroxylation is 1. The number of amides is 1. The molecule has 0 atom stereocenters. The number of carbonyl (C=O) groups is 1. The molecule has 2 aliphatic rings. The Morgan fingerprint density at radius 3 is 2.06 bits per heavy atom. The number of carbonyl (C=O) groups excluding carboxylic acids is 1. The van der Waals surface area contributed by atoms with Crippen LogP contribution in [0.25, 0.3) is 0 Å². The molecule has 0 spiro atoms. The van der Waals surface area contributed by atoms with E-state index in [0.717, 1.165) is 25.3 Å². The number of anilines is 1. The SMILES string of the molecule is CCN1CCN(c2nc(C)nc3c2CN(C(=O)c2cc(C(F)(F)F)cc(C(F)(F)F)c2)CC3)CC1. The monoisotopic (exact) mass is 501 g/mol. The number of rotatable bonds is 3. The van der Waals surface area contributed by atoms with Gasteiger partial charge in [0.2, 0.25) is 0 Å². The molecule has 0 bridgehead atoms. The molecule has 0 aliphatic carbocycles. The molecule has 1 amide bonds. The molecule has 1 fully saturated rings. The van der Waals surface area contributed by atoms with Crippen molar-refractivity contribution in [2.75, 3.05) is 44.2 Å². The molecule has 1 saturated heterocycles. The lowest BCUT2D eigenvalue weighted by molar-refractivity contribution is -0.143.